The van der Waals surface area contributed by atoms with Crippen LogP contribution in [0.4, 0.5) is 0 Å². The Hall–Kier alpha value is -1.73. The van der Waals surface area contributed by atoms with Crippen molar-refractivity contribution in [1.29, 1.82) is 0 Å². The molecule has 22 heavy (non-hydrogen) atoms. The number of hydrogen-bond donors (Lipinski definition) is 0. The molecular formula is C15H20N4O2S. The van der Waals surface area contributed by atoms with Crippen LogP contribution < -0.4 is 0 Å². The Kier molecular flexibility index (Phi) is 4.26. The Morgan fingerprint density at radius 1 is 1.27 bits per heavy atom. The van der Waals surface area contributed by atoms with Gasteiger partial charge in [0.25, 0.3) is 0 Å². The zero-order chi connectivity index (χ0) is 15.6. The van der Waals surface area contributed by atoms with E-state index in [0.29, 0.717) is 19.0 Å². The van der Waals surface area contributed by atoms with Crippen LogP contribution in [0.5, 0.6) is 0 Å². The minimum Gasteiger partial charge on any atom is -0.291 e. The lowest BCUT2D eigenvalue weighted by atomic mass is 9.93. The Labute approximate surface area is 130 Å². The van der Waals surface area contributed by atoms with Crippen LogP contribution in [0.25, 0.3) is 5.82 Å². The molecule has 1 aliphatic heterocycles. The van der Waals surface area contributed by atoms with Crippen LogP contribution in [-0.4, -0.2) is 46.6 Å². The topological polar surface area (TPSA) is 68.1 Å². The molecule has 0 N–H and O–H groups in total. The highest BCUT2D eigenvalue weighted by Crippen LogP contribution is 2.22. The first-order valence-corrected chi connectivity index (χ1v) is 9.26. The van der Waals surface area contributed by atoms with E-state index in [1.54, 1.807) is 16.8 Å². The fraction of sp³-hybridized carbons (Fsp3) is 0.467. The molecule has 0 unspecified atom stereocenters. The van der Waals surface area contributed by atoms with Crippen molar-refractivity contribution in [1.82, 2.24) is 18.8 Å². The molecule has 2 aromatic heterocycles. The van der Waals surface area contributed by atoms with E-state index < -0.39 is 10.0 Å². The molecule has 3 rings (SSSR count). The number of pyridine rings is 1. The molecule has 0 atom stereocenters. The summed E-state index contributed by atoms with van der Waals surface area (Å²) in [5.41, 5.74) is 1.05. The Bertz CT molecular complexity index is 720. The van der Waals surface area contributed by atoms with Gasteiger partial charge in [-0.2, -0.15) is 0 Å². The summed E-state index contributed by atoms with van der Waals surface area (Å²) in [6.07, 6.45) is 9.29. The van der Waals surface area contributed by atoms with E-state index in [-0.39, 0.29) is 0 Å². The third-order valence-corrected chi connectivity index (χ3v) is 5.40. The van der Waals surface area contributed by atoms with Gasteiger partial charge in [0.2, 0.25) is 10.0 Å². The molecule has 0 spiro atoms. The van der Waals surface area contributed by atoms with Crippen LogP contribution in [0.1, 0.15) is 18.5 Å². The average Bonchev–Trinajstić information content (AvgIpc) is 3.01. The van der Waals surface area contributed by atoms with Crippen LogP contribution in [0.3, 0.4) is 0 Å². The number of piperidine rings is 1. The van der Waals surface area contributed by atoms with Gasteiger partial charge in [-0.1, -0.05) is 6.07 Å². The van der Waals surface area contributed by atoms with Crippen molar-refractivity contribution >= 4 is 10.0 Å². The second-order valence-electron chi connectivity index (χ2n) is 5.77. The minimum atomic E-state index is -3.05. The average molecular weight is 320 g/mol. The SMILES string of the molecule is CS(=O)(=O)N1CCC(Cc2cccc(-n3ccnc3)n2)CC1. The zero-order valence-corrected chi connectivity index (χ0v) is 13.4. The molecule has 7 heteroatoms. The van der Waals surface area contributed by atoms with Crippen molar-refractivity contribution < 1.29 is 8.42 Å². The van der Waals surface area contributed by atoms with E-state index in [1.165, 1.54) is 6.26 Å². The fourth-order valence-corrected chi connectivity index (χ4v) is 3.73. The molecule has 0 aromatic carbocycles. The highest BCUT2D eigenvalue weighted by atomic mass is 32.2. The number of rotatable bonds is 4. The van der Waals surface area contributed by atoms with E-state index in [1.807, 2.05) is 29.0 Å². The molecule has 1 saturated heterocycles. The molecule has 2 aromatic rings. The predicted molar refractivity (Wildman–Crippen MR) is 84.2 cm³/mol. The molecule has 1 fully saturated rings. The molecular weight excluding hydrogens is 300 g/mol. The molecule has 0 aliphatic carbocycles. The standard InChI is InChI=1S/C15H20N4O2S/c1-22(20,21)19-8-5-13(6-9-19)11-14-3-2-4-15(17-14)18-10-7-16-12-18/h2-4,7,10,12-13H,5-6,8-9,11H2,1H3. The highest BCUT2D eigenvalue weighted by molar-refractivity contribution is 7.88. The lowest BCUT2D eigenvalue weighted by Gasteiger charge is -2.30. The van der Waals surface area contributed by atoms with Gasteiger partial charge in [-0.05, 0) is 37.3 Å². The Morgan fingerprint density at radius 2 is 2.05 bits per heavy atom. The summed E-state index contributed by atoms with van der Waals surface area (Å²) in [6, 6.07) is 5.99. The summed E-state index contributed by atoms with van der Waals surface area (Å²) in [5.74, 6) is 1.35. The first kappa shape index (κ1) is 15.2. The minimum absolute atomic E-state index is 0.489. The molecule has 0 saturated carbocycles. The fourth-order valence-electron chi connectivity index (χ4n) is 2.86. The van der Waals surface area contributed by atoms with E-state index in [0.717, 1.165) is 30.8 Å². The zero-order valence-electron chi connectivity index (χ0n) is 12.6. The predicted octanol–water partition coefficient (Wildman–Crippen LogP) is 1.48. The van der Waals surface area contributed by atoms with Gasteiger partial charge >= 0.3 is 0 Å². The largest absolute Gasteiger partial charge is 0.291 e. The van der Waals surface area contributed by atoms with Gasteiger partial charge in [-0.3, -0.25) is 4.57 Å². The monoisotopic (exact) mass is 320 g/mol. The Balaban J connectivity index is 1.64. The maximum Gasteiger partial charge on any atom is 0.211 e. The first-order chi connectivity index (χ1) is 10.5. The molecule has 0 amide bonds. The number of hydrogen-bond acceptors (Lipinski definition) is 4. The lowest BCUT2D eigenvalue weighted by molar-refractivity contribution is 0.273. The van der Waals surface area contributed by atoms with Crippen molar-refractivity contribution in [2.75, 3.05) is 19.3 Å². The van der Waals surface area contributed by atoms with Gasteiger partial charge in [0.1, 0.15) is 12.1 Å². The van der Waals surface area contributed by atoms with Crippen molar-refractivity contribution in [3.63, 3.8) is 0 Å². The van der Waals surface area contributed by atoms with Gasteiger partial charge in [0.05, 0.1) is 6.26 Å². The van der Waals surface area contributed by atoms with Gasteiger partial charge in [0.15, 0.2) is 0 Å². The summed E-state index contributed by atoms with van der Waals surface area (Å²) in [5, 5.41) is 0. The van der Waals surface area contributed by atoms with Crippen molar-refractivity contribution in [2.24, 2.45) is 5.92 Å². The summed E-state index contributed by atoms with van der Waals surface area (Å²) < 4.78 is 26.5. The highest BCUT2D eigenvalue weighted by Gasteiger charge is 2.25. The maximum absolute atomic E-state index is 11.5. The van der Waals surface area contributed by atoms with E-state index in [4.69, 9.17) is 0 Å². The normalized spacial score (nSPS) is 17.7. The van der Waals surface area contributed by atoms with Crippen LogP contribution in [-0.2, 0) is 16.4 Å². The van der Waals surface area contributed by atoms with Gasteiger partial charge in [-0.25, -0.2) is 22.7 Å². The summed E-state index contributed by atoms with van der Waals surface area (Å²) in [4.78, 5) is 8.70. The summed E-state index contributed by atoms with van der Waals surface area (Å²) in [7, 11) is -3.05. The van der Waals surface area contributed by atoms with E-state index >= 15 is 0 Å². The second-order valence-corrected chi connectivity index (χ2v) is 7.75. The van der Waals surface area contributed by atoms with Crippen molar-refractivity contribution in [2.45, 2.75) is 19.3 Å². The van der Waals surface area contributed by atoms with Crippen LogP contribution in [0.15, 0.2) is 36.9 Å². The molecule has 118 valence electrons. The molecule has 0 bridgehead atoms. The number of sulfonamides is 1. The van der Waals surface area contributed by atoms with Crippen LogP contribution in [0, 0.1) is 5.92 Å². The van der Waals surface area contributed by atoms with Gasteiger partial charge < -0.3 is 0 Å². The third kappa shape index (κ3) is 3.53. The lowest BCUT2D eigenvalue weighted by Crippen LogP contribution is -2.38. The van der Waals surface area contributed by atoms with Gasteiger partial charge in [0, 0.05) is 31.2 Å². The van der Waals surface area contributed by atoms with Crippen LogP contribution in [0.2, 0.25) is 0 Å². The molecule has 3 heterocycles. The Morgan fingerprint density at radius 3 is 2.68 bits per heavy atom. The van der Waals surface area contributed by atoms with Crippen molar-refractivity contribution in [3.05, 3.63) is 42.6 Å². The number of aromatic nitrogens is 3. The molecule has 6 nitrogen and oxygen atoms in total. The van der Waals surface area contributed by atoms with Crippen LogP contribution >= 0.6 is 0 Å². The summed E-state index contributed by atoms with van der Waals surface area (Å²) in [6.45, 7) is 1.23. The second kappa shape index (κ2) is 6.18. The first-order valence-electron chi connectivity index (χ1n) is 7.42. The molecule has 0 radical (unpaired) electrons. The van der Waals surface area contributed by atoms with Gasteiger partial charge in [-0.15, -0.1) is 0 Å². The molecule has 1 aliphatic rings. The number of imidazole rings is 1. The quantitative estimate of drug-likeness (QED) is 0.856. The smallest absolute Gasteiger partial charge is 0.211 e. The number of nitrogens with zero attached hydrogens (tertiary/aromatic N) is 4. The summed E-state index contributed by atoms with van der Waals surface area (Å²) >= 11 is 0. The van der Waals surface area contributed by atoms with E-state index in [9.17, 15) is 8.42 Å². The van der Waals surface area contributed by atoms with Crippen molar-refractivity contribution in [3.8, 4) is 5.82 Å². The maximum atomic E-state index is 11.5. The third-order valence-electron chi connectivity index (χ3n) is 4.10. The van der Waals surface area contributed by atoms with E-state index in [2.05, 4.69) is 9.97 Å².